The molecule has 1 aromatic carbocycles. The van der Waals surface area contributed by atoms with E-state index in [1.807, 2.05) is 0 Å². The second-order valence-corrected chi connectivity index (χ2v) is 5.13. The maximum absolute atomic E-state index is 13.3. The number of nitrogens with zero attached hydrogens (tertiary/aromatic N) is 1. The number of carbonyl (C=O) groups excluding carboxylic acids is 1. The van der Waals surface area contributed by atoms with Crippen molar-refractivity contribution in [3.8, 4) is 5.88 Å². The van der Waals surface area contributed by atoms with Crippen molar-refractivity contribution in [2.45, 2.75) is 6.54 Å². The molecule has 24 heavy (non-hydrogen) atoms. The highest BCUT2D eigenvalue weighted by Gasteiger charge is 2.12. The molecule has 0 aliphatic heterocycles. The number of carbonyl (C=O) groups is 1. The minimum Gasteiger partial charge on any atom is -0.481 e. The van der Waals surface area contributed by atoms with Gasteiger partial charge in [-0.1, -0.05) is 0 Å². The van der Waals surface area contributed by atoms with Crippen molar-refractivity contribution in [1.82, 2.24) is 15.3 Å². The van der Waals surface area contributed by atoms with E-state index in [-0.39, 0.29) is 17.6 Å². The van der Waals surface area contributed by atoms with Crippen molar-refractivity contribution in [1.29, 1.82) is 0 Å². The molecule has 1 amide bonds. The quantitative estimate of drug-likeness (QED) is 0.768. The van der Waals surface area contributed by atoms with Crippen molar-refractivity contribution >= 4 is 16.8 Å². The maximum Gasteiger partial charge on any atom is 0.252 e. The van der Waals surface area contributed by atoms with Crippen molar-refractivity contribution < 1.29 is 13.9 Å². The predicted molar refractivity (Wildman–Crippen MR) is 86.5 cm³/mol. The molecular formula is C17H14FN3O3. The first-order valence-electron chi connectivity index (χ1n) is 7.16. The first-order valence-corrected chi connectivity index (χ1v) is 7.16. The molecule has 0 atom stereocenters. The Morgan fingerprint density at radius 1 is 1.29 bits per heavy atom. The second-order valence-electron chi connectivity index (χ2n) is 5.13. The van der Waals surface area contributed by atoms with E-state index < -0.39 is 17.3 Å². The van der Waals surface area contributed by atoms with E-state index in [0.717, 1.165) is 5.56 Å². The van der Waals surface area contributed by atoms with Gasteiger partial charge in [0.2, 0.25) is 11.4 Å². The molecule has 7 heteroatoms. The summed E-state index contributed by atoms with van der Waals surface area (Å²) in [5.74, 6) is -0.466. The molecule has 3 rings (SSSR count). The van der Waals surface area contributed by atoms with E-state index in [2.05, 4.69) is 15.3 Å². The highest BCUT2D eigenvalue weighted by Crippen LogP contribution is 2.16. The zero-order chi connectivity index (χ0) is 17.1. The van der Waals surface area contributed by atoms with Gasteiger partial charge in [0.05, 0.1) is 18.2 Å². The lowest BCUT2D eigenvalue weighted by Crippen LogP contribution is -2.24. The summed E-state index contributed by atoms with van der Waals surface area (Å²) in [4.78, 5) is 30.6. The number of hydrogen-bond acceptors (Lipinski definition) is 4. The van der Waals surface area contributed by atoms with Gasteiger partial charge in [-0.15, -0.1) is 0 Å². The summed E-state index contributed by atoms with van der Waals surface area (Å²) in [6.07, 6.45) is 1.58. The van der Waals surface area contributed by atoms with E-state index in [0.29, 0.717) is 11.3 Å². The molecule has 0 aliphatic rings. The number of nitrogens with one attached hydrogen (secondary N) is 2. The number of H-pyrrole nitrogens is 1. The smallest absolute Gasteiger partial charge is 0.252 e. The standard InChI is InChI=1S/C17H14FN3O3/c1-24-16-6-10(4-5-19-16)9-20-17(23)13-8-15(22)21-14-7-11(18)2-3-12(13)14/h2-8H,9H2,1H3,(H,20,23)(H,21,22). The van der Waals surface area contributed by atoms with Crippen LogP contribution in [0.25, 0.3) is 10.9 Å². The summed E-state index contributed by atoms with van der Waals surface area (Å²) >= 11 is 0. The molecule has 6 nitrogen and oxygen atoms in total. The largest absolute Gasteiger partial charge is 0.481 e. The Morgan fingerprint density at radius 3 is 2.92 bits per heavy atom. The van der Waals surface area contributed by atoms with Crippen LogP contribution in [-0.4, -0.2) is 23.0 Å². The fraction of sp³-hybridized carbons (Fsp3) is 0.118. The highest BCUT2D eigenvalue weighted by molar-refractivity contribution is 6.05. The van der Waals surface area contributed by atoms with Gasteiger partial charge in [-0.3, -0.25) is 9.59 Å². The molecule has 0 saturated heterocycles. The van der Waals surface area contributed by atoms with Crippen molar-refractivity contribution in [2.75, 3.05) is 7.11 Å². The van der Waals surface area contributed by atoms with Gasteiger partial charge in [0.1, 0.15) is 5.82 Å². The van der Waals surface area contributed by atoms with Crippen molar-refractivity contribution in [3.05, 3.63) is 69.9 Å². The van der Waals surface area contributed by atoms with Crippen LogP contribution in [-0.2, 0) is 6.54 Å². The SMILES string of the molecule is COc1cc(CNC(=O)c2cc(=O)[nH]c3cc(F)ccc23)ccn1. The van der Waals surface area contributed by atoms with Gasteiger partial charge in [-0.2, -0.15) is 0 Å². The zero-order valence-electron chi connectivity index (χ0n) is 12.8. The van der Waals surface area contributed by atoms with Crippen LogP contribution in [0.4, 0.5) is 4.39 Å². The molecule has 2 heterocycles. The number of amides is 1. The lowest BCUT2D eigenvalue weighted by Gasteiger charge is -2.08. The predicted octanol–water partition coefficient (Wildman–Crippen LogP) is 2.00. The number of aromatic amines is 1. The summed E-state index contributed by atoms with van der Waals surface area (Å²) in [6.45, 7) is 0.243. The van der Waals surface area contributed by atoms with E-state index in [1.54, 1.807) is 18.3 Å². The van der Waals surface area contributed by atoms with E-state index >= 15 is 0 Å². The lowest BCUT2D eigenvalue weighted by atomic mass is 10.1. The van der Waals surface area contributed by atoms with Gasteiger partial charge in [0.15, 0.2) is 0 Å². The Balaban J connectivity index is 1.87. The Labute approximate surface area is 136 Å². The van der Waals surface area contributed by atoms with E-state index in [4.69, 9.17) is 4.74 Å². The summed E-state index contributed by atoms with van der Waals surface area (Å²) in [5, 5.41) is 3.20. The Bertz CT molecular complexity index is 969. The first kappa shape index (κ1) is 15.7. The summed E-state index contributed by atoms with van der Waals surface area (Å²) in [6, 6.07) is 8.53. The van der Waals surface area contributed by atoms with Crippen LogP contribution < -0.4 is 15.6 Å². The number of halogens is 1. The number of hydrogen-bond donors (Lipinski definition) is 2. The van der Waals surface area contributed by atoms with Crippen molar-refractivity contribution in [3.63, 3.8) is 0 Å². The first-order chi connectivity index (χ1) is 11.6. The average molecular weight is 327 g/mol. The van der Waals surface area contributed by atoms with Gasteiger partial charge in [-0.25, -0.2) is 9.37 Å². The molecule has 2 N–H and O–H groups in total. The molecule has 0 spiro atoms. The Morgan fingerprint density at radius 2 is 2.12 bits per heavy atom. The number of pyridine rings is 2. The van der Waals surface area contributed by atoms with E-state index in [1.165, 1.54) is 31.4 Å². The molecule has 0 unspecified atom stereocenters. The number of rotatable bonds is 4. The number of aromatic nitrogens is 2. The lowest BCUT2D eigenvalue weighted by molar-refractivity contribution is 0.0952. The molecule has 2 aromatic heterocycles. The van der Waals surface area contributed by atoms with Crippen molar-refractivity contribution in [2.24, 2.45) is 0 Å². The van der Waals surface area contributed by atoms with Crippen LogP contribution in [0.5, 0.6) is 5.88 Å². The van der Waals surface area contributed by atoms with E-state index in [9.17, 15) is 14.0 Å². The van der Waals surface area contributed by atoms with Gasteiger partial charge < -0.3 is 15.0 Å². The molecule has 0 saturated carbocycles. The third kappa shape index (κ3) is 3.24. The number of benzene rings is 1. The molecule has 3 aromatic rings. The summed E-state index contributed by atoms with van der Waals surface area (Å²) in [5.41, 5.74) is 0.798. The highest BCUT2D eigenvalue weighted by atomic mass is 19.1. The minimum atomic E-state index is -0.486. The molecular weight excluding hydrogens is 313 g/mol. The average Bonchev–Trinajstić information content (AvgIpc) is 2.58. The number of methoxy groups -OCH3 is 1. The molecule has 122 valence electrons. The van der Waals surface area contributed by atoms with Crippen LogP contribution in [0.2, 0.25) is 0 Å². The third-order valence-electron chi connectivity index (χ3n) is 3.51. The normalized spacial score (nSPS) is 10.6. The van der Waals surface area contributed by atoms with Gasteiger partial charge in [0, 0.05) is 30.3 Å². The monoisotopic (exact) mass is 327 g/mol. The van der Waals surface area contributed by atoms with Crippen LogP contribution in [0.1, 0.15) is 15.9 Å². The zero-order valence-corrected chi connectivity index (χ0v) is 12.8. The van der Waals surface area contributed by atoms with Gasteiger partial charge >= 0.3 is 0 Å². The van der Waals surface area contributed by atoms with Crippen LogP contribution in [0, 0.1) is 5.82 Å². The fourth-order valence-electron chi connectivity index (χ4n) is 2.37. The van der Waals surface area contributed by atoms with Crippen LogP contribution >= 0.6 is 0 Å². The van der Waals surface area contributed by atoms with Crippen LogP contribution in [0.15, 0.2) is 47.4 Å². The molecule has 0 radical (unpaired) electrons. The Hall–Kier alpha value is -3.22. The minimum absolute atomic E-state index is 0.190. The molecule has 0 bridgehead atoms. The molecule has 0 fully saturated rings. The fourth-order valence-corrected chi connectivity index (χ4v) is 2.37. The molecule has 0 aliphatic carbocycles. The number of fused-ring (bicyclic) bond motifs is 1. The van der Waals surface area contributed by atoms with Gasteiger partial charge in [-0.05, 0) is 29.8 Å². The maximum atomic E-state index is 13.3. The van der Waals surface area contributed by atoms with Gasteiger partial charge in [0.25, 0.3) is 5.91 Å². The Kier molecular flexibility index (Phi) is 4.24. The summed E-state index contributed by atoms with van der Waals surface area (Å²) < 4.78 is 18.3. The number of ether oxygens (including phenoxy) is 1. The third-order valence-corrected chi connectivity index (χ3v) is 3.51. The summed E-state index contributed by atoms with van der Waals surface area (Å²) in [7, 11) is 1.51. The second kappa shape index (κ2) is 6.49. The topological polar surface area (TPSA) is 84.1 Å². The van der Waals surface area contributed by atoms with Crippen LogP contribution in [0.3, 0.4) is 0 Å².